The molecule has 0 unspecified atom stereocenters. The van der Waals surface area contributed by atoms with Crippen molar-refractivity contribution in [2.45, 2.75) is 19.3 Å². The van der Waals surface area contributed by atoms with Gasteiger partial charge in [-0.1, -0.05) is 35.6 Å². The third kappa shape index (κ3) is 4.28. The number of amides is 1. The number of hydrogen-bond donors (Lipinski definition) is 1. The van der Waals surface area contributed by atoms with Gasteiger partial charge in [0.05, 0.1) is 10.2 Å². The molecule has 140 valence electrons. The van der Waals surface area contributed by atoms with Crippen LogP contribution in [0.5, 0.6) is 10.9 Å². The van der Waals surface area contributed by atoms with Crippen LogP contribution >= 0.6 is 11.3 Å². The maximum absolute atomic E-state index is 11.5. The van der Waals surface area contributed by atoms with Crippen LogP contribution in [0.4, 0.5) is 0 Å². The van der Waals surface area contributed by atoms with Gasteiger partial charge in [0.1, 0.15) is 12.4 Å². The largest absolute Gasteiger partial charge is 0.431 e. The average Bonchev–Trinajstić information content (AvgIpc) is 3.12. The molecule has 3 aromatic rings. The van der Waals surface area contributed by atoms with Gasteiger partial charge in [0, 0.05) is 13.1 Å². The number of thiazole rings is 1. The second-order valence-corrected chi connectivity index (χ2v) is 7.87. The maximum atomic E-state index is 11.5. The SMILES string of the molecule is O=C(CO)N1CCC(Cc2ccc(Oc3nc4ccccc4s3)cc2)CC1. The molecular formula is C21H22N2O3S. The molecule has 1 aliphatic heterocycles. The molecule has 0 bridgehead atoms. The van der Waals surface area contributed by atoms with Gasteiger partial charge < -0.3 is 14.7 Å². The Kier molecular flexibility index (Phi) is 5.36. The van der Waals surface area contributed by atoms with E-state index in [1.807, 2.05) is 36.4 Å². The normalized spacial score (nSPS) is 15.2. The number of carbonyl (C=O) groups excluding carboxylic acids is 1. The summed E-state index contributed by atoms with van der Waals surface area (Å²) in [7, 11) is 0. The van der Waals surface area contributed by atoms with Gasteiger partial charge in [-0.3, -0.25) is 4.79 Å². The van der Waals surface area contributed by atoms with Crippen molar-refractivity contribution in [3.8, 4) is 10.9 Å². The molecule has 1 amide bonds. The lowest BCUT2D eigenvalue weighted by Crippen LogP contribution is -2.40. The number of ether oxygens (including phenoxy) is 1. The minimum atomic E-state index is -0.388. The molecule has 1 aromatic heterocycles. The van der Waals surface area contributed by atoms with Gasteiger partial charge in [0.25, 0.3) is 5.19 Å². The van der Waals surface area contributed by atoms with Crippen molar-refractivity contribution >= 4 is 27.5 Å². The lowest BCUT2D eigenvalue weighted by molar-refractivity contribution is -0.135. The van der Waals surface area contributed by atoms with E-state index in [4.69, 9.17) is 9.84 Å². The number of aliphatic hydroxyl groups is 1. The molecule has 2 aromatic carbocycles. The van der Waals surface area contributed by atoms with Gasteiger partial charge in [-0.05, 0) is 55.0 Å². The molecule has 4 rings (SSSR count). The fourth-order valence-electron chi connectivity index (χ4n) is 3.51. The van der Waals surface area contributed by atoms with Crippen LogP contribution in [0.3, 0.4) is 0 Å². The van der Waals surface area contributed by atoms with Gasteiger partial charge in [-0.15, -0.1) is 0 Å². The van der Waals surface area contributed by atoms with Gasteiger partial charge >= 0.3 is 0 Å². The van der Waals surface area contributed by atoms with Gasteiger partial charge in [0.2, 0.25) is 5.91 Å². The predicted molar refractivity (Wildman–Crippen MR) is 106 cm³/mol. The summed E-state index contributed by atoms with van der Waals surface area (Å²) in [6.45, 7) is 1.09. The van der Waals surface area contributed by atoms with E-state index in [1.54, 1.807) is 16.2 Å². The van der Waals surface area contributed by atoms with Crippen LogP contribution in [-0.4, -0.2) is 40.6 Å². The summed E-state index contributed by atoms with van der Waals surface area (Å²) in [4.78, 5) is 17.8. The number of likely N-dealkylation sites (tertiary alicyclic amines) is 1. The van der Waals surface area contributed by atoms with Crippen LogP contribution < -0.4 is 4.74 Å². The summed E-state index contributed by atoms with van der Waals surface area (Å²) in [5.74, 6) is 1.20. The molecule has 0 radical (unpaired) electrons. The Morgan fingerprint density at radius 2 is 1.89 bits per heavy atom. The lowest BCUT2D eigenvalue weighted by Gasteiger charge is -2.31. The Labute approximate surface area is 162 Å². The second kappa shape index (κ2) is 8.06. The number of fused-ring (bicyclic) bond motifs is 1. The zero-order valence-corrected chi connectivity index (χ0v) is 15.8. The van der Waals surface area contributed by atoms with Crippen molar-refractivity contribution < 1.29 is 14.6 Å². The van der Waals surface area contributed by atoms with E-state index in [2.05, 4.69) is 17.1 Å². The highest BCUT2D eigenvalue weighted by Gasteiger charge is 2.22. The maximum Gasteiger partial charge on any atom is 0.279 e. The van der Waals surface area contributed by atoms with E-state index in [1.165, 1.54) is 5.56 Å². The average molecular weight is 382 g/mol. The summed E-state index contributed by atoms with van der Waals surface area (Å²) in [5, 5.41) is 9.61. The number of hydrogen-bond acceptors (Lipinski definition) is 5. The zero-order chi connectivity index (χ0) is 18.6. The smallest absolute Gasteiger partial charge is 0.279 e. The fraction of sp³-hybridized carbons (Fsp3) is 0.333. The lowest BCUT2D eigenvalue weighted by atomic mass is 9.90. The molecule has 5 nitrogen and oxygen atoms in total. The molecule has 1 saturated heterocycles. The molecule has 1 fully saturated rings. The van der Waals surface area contributed by atoms with Crippen molar-refractivity contribution in [3.05, 3.63) is 54.1 Å². The first-order valence-corrected chi connectivity index (χ1v) is 10.0. The second-order valence-electron chi connectivity index (χ2n) is 6.88. The highest BCUT2D eigenvalue weighted by Crippen LogP contribution is 2.31. The molecule has 6 heteroatoms. The standard InChI is InChI=1S/C21H22N2O3S/c24-14-20(25)23-11-9-16(10-12-23)13-15-5-7-17(8-6-15)26-21-22-18-3-1-2-4-19(18)27-21/h1-8,16,24H,9-14H2. The summed E-state index contributed by atoms with van der Waals surface area (Å²) in [5.41, 5.74) is 2.23. The zero-order valence-electron chi connectivity index (χ0n) is 15.0. The monoisotopic (exact) mass is 382 g/mol. The van der Waals surface area contributed by atoms with Crippen molar-refractivity contribution in [3.63, 3.8) is 0 Å². The molecule has 0 spiro atoms. The fourth-order valence-corrected chi connectivity index (χ4v) is 4.34. The van der Waals surface area contributed by atoms with Crippen molar-refractivity contribution in [2.75, 3.05) is 19.7 Å². The topological polar surface area (TPSA) is 62.7 Å². The molecule has 27 heavy (non-hydrogen) atoms. The summed E-state index contributed by atoms with van der Waals surface area (Å²) < 4.78 is 7.02. The molecule has 1 N–H and O–H groups in total. The first kappa shape index (κ1) is 17.9. The van der Waals surface area contributed by atoms with Crippen LogP contribution in [0.2, 0.25) is 0 Å². The minimum Gasteiger partial charge on any atom is -0.431 e. The molecule has 1 aliphatic rings. The molecule has 2 heterocycles. The number of nitrogens with zero attached hydrogens (tertiary/aromatic N) is 2. The highest BCUT2D eigenvalue weighted by atomic mass is 32.1. The van der Waals surface area contributed by atoms with Crippen LogP contribution in [0.1, 0.15) is 18.4 Å². The van der Waals surface area contributed by atoms with Crippen LogP contribution in [0, 0.1) is 5.92 Å². The number of para-hydroxylation sites is 1. The number of carbonyl (C=O) groups is 1. The Morgan fingerprint density at radius 1 is 1.15 bits per heavy atom. The van der Waals surface area contributed by atoms with Crippen molar-refractivity contribution in [1.29, 1.82) is 0 Å². The van der Waals surface area contributed by atoms with E-state index in [9.17, 15) is 4.79 Å². The van der Waals surface area contributed by atoms with E-state index >= 15 is 0 Å². The Bertz CT molecular complexity index is 882. The number of aliphatic hydroxyl groups excluding tert-OH is 1. The van der Waals surface area contributed by atoms with E-state index < -0.39 is 0 Å². The Balaban J connectivity index is 1.33. The van der Waals surface area contributed by atoms with Crippen molar-refractivity contribution in [1.82, 2.24) is 9.88 Å². The summed E-state index contributed by atoms with van der Waals surface area (Å²) in [6.07, 6.45) is 2.97. The molecule has 0 atom stereocenters. The third-order valence-electron chi connectivity index (χ3n) is 5.03. The first-order chi connectivity index (χ1) is 13.2. The van der Waals surface area contributed by atoms with E-state index in [-0.39, 0.29) is 12.5 Å². The van der Waals surface area contributed by atoms with E-state index in [0.717, 1.165) is 48.3 Å². The van der Waals surface area contributed by atoms with Crippen LogP contribution in [0.25, 0.3) is 10.2 Å². The Hall–Kier alpha value is -2.44. The third-order valence-corrected chi connectivity index (χ3v) is 5.94. The Morgan fingerprint density at radius 3 is 2.59 bits per heavy atom. The van der Waals surface area contributed by atoms with Crippen LogP contribution in [-0.2, 0) is 11.2 Å². The highest BCUT2D eigenvalue weighted by molar-refractivity contribution is 7.20. The molecule has 0 saturated carbocycles. The summed E-state index contributed by atoms with van der Waals surface area (Å²) >= 11 is 1.55. The van der Waals surface area contributed by atoms with Gasteiger partial charge in [0.15, 0.2) is 0 Å². The van der Waals surface area contributed by atoms with E-state index in [0.29, 0.717) is 11.1 Å². The first-order valence-electron chi connectivity index (χ1n) is 9.22. The minimum absolute atomic E-state index is 0.162. The molecular weight excluding hydrogens is 360 g/mol. The molecule has 0 aliphatic carbocycles. The predicted octanol–water partition coefficient (Wildman–Crippen LogP) is 3.86. The van der Waals surface area contributed by atoms with Crippen molar-refractivity contribution in [2.24, 2.45) is 5.92 Å². The number of rotatable bonds is 5. The summed E-state index contributed by atoms with van der Waals surface area (Å²) in [6, 6.07) is 16.2. The number of piperidine rings is 1. The quantitative estimate of drug-likeness (QED) is 0.728. The van der Waals surface area contributed by atoms with Crippen LogP contribution in [0.15, 0.2) is 48.5 Å². The van der Waals surface area contributed by atoms with Gasteiger partial charge in [-0.25, -0.2) is 4.98 Å². The number of aromatic nitrogens is 1. The number of benzene rings is 2. The van der Waals surface area contributed by atoms with Gasteiger partial charge in [-0.2, -0.15) is 0 Å².